The van der Waals surface area contributed by atoms with Crippen LogP contribution in [0.25, 0.3) is 0 Å². The molecule has 0 heterocycles. The molecular weight excluding hydrogens is 464 g/mol. The van der Waals surface area contributed by atoms with Gasteiger partial charge in [-0.1, -0.05) is 24.3 Å². The number of nitro benzene ring substituents is 1. The van der Waals surface area contributed by atoms with Crippen LogP contribution < -0.4 is 5.73 Å². The van der Waals surface area contributed by atoms with E-state index in [0.29, 0.717) is 18.8 Å². The second-order valence-corrected chi connectivity index (χ2v) is 10.3. The molecule has 0 aliphatic rings. The van der Waals surface area contributed by atoms with Gasteiger partial charge >= 0.3 is 12.2 Å². The molecule has 10 nitrogen and oxygen atoms in total. The number of nitro groups is 1. The highest BCUT2D eigenvalue weighted by atomic mass is 16.6. The van der Waals surface area contributed by atoms with Gasteiger partial charge in [0, 0.05) is 45.0 Å². The second kappa shape index (κ2) is 12.8. The van der Waals surface area contributed by atoms with Crippen molar-refractivity contribution in [3.63, 3.8) is 0 Å². The maximum Gasteiger partial charge on any atom is 0.410 e. The third-order valence-electron chi connectivity index (χ3n) is 4.38. The van der Waals surface area contributed by atoms with Crippen molar-refractivity contribution in [2.24, 2.45) is 0 Å². The summed E-state index contributed by atoms with van der Waals surface area (Å²) in [7, 11) is 3.33. The molecule has 2 aromatic carbocycles. The number of ether oxygens (including phenoxy) is 2. The number of non-ortho nitro benzene ring substituents is 1. The summed E-state index contributed by atoms with van der Waals surface area (Å²) >= 11 is 0. The molecule has 0 spiro atoms. The molecule has 0 bridgehead atoms. The Hall–Kier alpha value is -3.82. The van der Waals surface area contributed by atoms with Crippen LogP contribution in [0, 0.1) is 10.1 Å². The largest absolute Gasteiger partial charge is 0.444 e. The van der Waals surface area contributed by atoms with Crippen molar-refractivity contribution in [2.45, 2.75) is 65.8 Å². The Morgan fingerprint density at radius 1 is 0.778 bits per heavy atom. The average Bonchev–Trinajstić information content (AvgIpc) is 2.73. The van der Waals surface area contributed by atoms with Crippen LogP contribution in [0.1, 0.15) is 52.7 Å². The fraction of sp³-hybridized carbons (Fsp3) is 0.462. The molecule has 0 saturated heterocycles. The minimum Gasteiger partial charge on any atom is -0.444 e. The molecule has 0 fully saturated rings. The molecule has 2 rings (SSSR count). The molecule has 2 aromatic rings. The Kier molecular flexibility index (Phi) is 10.7. The highest BCUT2D eigenvalue weighted by molar-refractivity contribution is 5.68. The lowest BCUT2D eigenvalue weighted by atomic mass is 10.2. The number of carbonyl (C=O) groups excluding carboxylic acids is 2. The fourth-order valence-corrected chi connectivity index (χ4v) is 2.70. The van der Waals surface area contributed by atoms with Crippen molar-refractivity contribution in [2.75, 3.05) is 19.8 Å². The van der Waals surface area contributed by atoms with Gasteiger partial charge in [0.1, 0.15) is 11.2 Å². The maximum absolute atomic E-state index is 11.7. The minimum absolute atomic E-state index is 0.0312. The number of benzene rings is 2. The molecule has 198 valence electrons. The first-order chi connectivity index (χ1) is 16.5. The fourth-order valence-electron chi connectivity index (χ4n) is 2.70. The summed E-state index contributed by atoms with van der Waals surface area (Å²) in [6.45, 7) is 11.8. The van der Waals surface area contributed by atoms with Gasteiger partial charge in [-0.25, -0.2) is 9.59 Å². The number of nitrogen functional groups attached to an aromatic ring is 1. The van der Waals surface area contributed by atoms with Gasteiger partial charge in [0.25, 0.3) is 5.69 Å². The van der Waals surface area contributed by atoms with E-state index in [1.807, 2.05) is 45.0 Å². The quantitative estimate of drug-likeness (QED) is 0.320. The van der Waals surface area contributed by atoms with E-state index in [-0.39, 0.29) is 11.8 Å². The standard InChI is InChI=1S/C13H18N2O4.C13H20N2O2/c1-13(2,3)19-12(16)14(4)9-10-5-7-11(8-6-10)15(17)18;1-13(2,3)17-12(16)15(4)9-10-5-7-11(14)8-6-10/h5-8H,9H2,1-4H3;5-8H,9,14H2,1-4H3. The van der Waals surface area contributed by atoms with Crippen LogP contribution in [0.5, 0.6) is 0 Å². The molecule has 10 heteroatoms. The summed E-state index contributed by atoms with van der Waals surface area (Å²) < 4.78 is 10.5. The summed E-state index contributed by atoms with van der Waals surface area (Å²) in [5.41, 5.74) is 7.16. The number of amides is 2. The van der Waals surface area contributed by atoms with Crippen LogP contribution in [0.15, 0.2) is 48.5 Å². The summed E-state index contributed by atoms with van der Waals surface area (Å²) in [6, 6.07) is 13.5. The normalized spacial score (nSPS) is 11.0. The second-order valence-electron chi connectivity index (χ2n) is 10.3. The van der Waals surface area contributed by atoms with E-state index in [0.717, 1.165) is 11.1 Å². The zero-order valence-electron chi connectivity index (χ0n) is 22.4. The van der Waals surface area contributed by atoms with Crippen LogP contribution in [-0.2, 0) is 22.6 Å². The molecule has 2 N–H and O–H groups in total. The molecular formula is C26H38N4O6. The highest BCUT2D eigenvalue weighted by Crippen LogP contribution is 2.15. The number of carbonyl (C=O) groups is 2. The predicted octanol–water partition coefficient (Wildman–Crippen LogP) is 5.60. The number of hydrogen-bond donors (Lipinski definition) is 1. The van der Waals surface area contributed by atoms with Crippen LogP contribution >= 0.6 is 0 Å². The lowest BCUT2D eigenvalue weighted by Crippen LogP contribution is -2.33. The van der Waals surface area contributed by atoms with Crippen molar-refractivity contribution in [3.05, 3.63) is 69.8 Å². The number of nitrogens with two attached hydrogens (primary N) is 1. The number of hydrogen-bond acceptors (Lipinski definition) is 7. The van der Waals surface area contributed by atoms with Gasteiger partial charge in [-0.3, -0.25) is 10.1 Å². The van der Waals surface area contributed by atoms with E-state index in [1.54, 1.807) is 47.0 Å². The van der Waals surface area contributed by atoms with Gasteiger partial charge in [-0.2, -0.15) is 0 Å². The summed E-state index contributed by atoms with van der Waals surface area (Å²) in [5, 5.41) is 10.5. The third-order valence-corrected chi connectivity index (χ3v) is 4.38. The Balaban J connectivity index is 0.000000362. The Morgan fingerprint density at radius 2 is 1.11 bits per heavy atom. The van der Waals surface area contributed by atoms with Gasteiger partial charge in [0.2, 0.25) is 0 Å². The third kappa shape index (κ3) is 12.0. The molecule has 0 aliphatic carbocycles. The summed E-state index contributed by atoms with van der Waals surface area (Å²) in [6.07, 6.45) is -0.750. The van der Waals surface area contributed by atoms with Crippen molar-refractivity contribution in [1.29, 1.82) is 0 Å². The van der Waals surface area contributed by atoms with Gasteiger partial charge in [0.15, 0.2) is 0 Å². The first kappa shape index (κ1) is 30.2. The smallest absolute Gasteiger partial charge is 0.410 e. The zero-order chi connectivity index (χ0) is 27.7. The van der Waals surface area contributed by atoms with E-state index in [2.05, 4.69) is 0 Å². The van der Waals surface area contributed by atoms with E-state index in [4.69, 9.17) is 15.2 Å². The Bertz CT molecular complexity index is 1010. The molecule has 0 unspecified atom stereocenters. The van der Waals surface area contributed by atoms with Gasteiger partial charge < -0.3 is 25.0 Å². The topological polar surface area (TPSA) is 128 Å². The molecule has 2 amide bonds. The Labute approximate surface area is 213 Å². The van der Waals surface area contributed by atoms with Gasteiger partial charge in [-0.15, -0.1) is 0 Å². The van der Waals surface area contributed by atoms with Crippen molar-refractivity contribution in [1.82, 2.24) is 9.80 Å². The SMILES string of the molecule is CN(Cc1ccc(N)cc1)C(=O)OC(C)(C)C.CN(Cc1ccc([N+](=O)[O-])cc1)C(=O)OC(C)(C)C. The number of anilines is 1. The lowest BCUT2D eigenvalue weighted by molar-refractivity contribution is -0.384. The van der Waals surface area contributed by atoms with Gasteiger partial charge in [-0.05, 0) is 64.8 Å². The molecule has 0 atom stereocenters. The summed E-state index contributed by atoms with van der Waals surface area (Å²) in [4.78, 5) is 36.5. The van der Waals surface area contributed by atoms with Crippen LogP contribution in [0.2, 0.25) is 0 Å². The van der Waals surface area contributed by atoms with E-state index in [1.165, 1.54) is 21.9 Å². The molecule has 0 radical (unpaired) electrons. The van der Waals surface area contributed by atoms with E-state index in [9.17, 15) is 19.7 Å². The maximum atomic E-state index is 11.7. The monoisotopic (exact) mass is 502 g/mol. The molecule has 0 aromatic heterocycles. The summed E-state index contributed by atoms with van der Waals surface area (Å²) in [5.74, 6) is 0. The van der Waals surface area contributed by atoms with E-state index >= 15 is 0 Å². The first-order valence-electron chi connectivity index (χ1n) is 11.4. The molecule has 0 saturated carbocycles. The average molecular weight is 503 g/mol. The van der Waals surface area contributed by atoms with Gasteiger partial charge in [0.05, 0.1) is 4.92 Å². The van der Waals surface area contributed by atoms with Crippen molar-refractivity contribution in [3.8, 4) is 0 Å². The van der Waals surface area contributed by atoms with Crippen LogP contribution in [0.4, 0.5) is 21.0 Å². The number of rotatable bonds is 5. The minimum atomic E-state index is -0.541. The zero-order valence-corrected chi connectivity index (χ0v) is 22.4. The Morgan fingerprint density at radius 3 is 1.42 bits per heavy atom. The number of nitrogens with zero attached hydrogens (tertiary/aromatic N) is 3. The van der Waals surface area contributed by atoms with Crippen LogP contribution in [-0.4, -0.2) is 52.2 Å². The lowest BCUT2D eigenvalue weighted by Gasteiger charge is -2.24. The first-order valence-corrected chi connectivity index (χ1v) is 11.4. The molecule has 0 aliphatic heterocycles. The van der Waals surface area contributed by atoms with Crippen molar-refractivity contribution < 1.29 is 24.0 Å². The highest BCUT2D eigenvalue weighted by Gasteiger charge is 2.20. The van der Waals surface area contributed by atoms with Crippen molar-refractivity contribution >= 4 is 23.6 Å². The predicted molar refractivity (Wildman–Crippen MR) is 139 cm³/mol. The van der Waals surface area contributed by atoms with E-state index < -0.39 is 22.2 Å². The molecule has 36 heavy (non-hydrogen) atoms. The van der Waals surface area contributed by atoms with Crippen LogP contribution in [0.3, 0.4) is 0 Å².